The molecule has 1 aliphatic carbocycles. The Bertz CT molecular complexity index is 110. The molecular weight excluding hydrogens is 166 g/mol. The van der Waals surface area contributed by atoms with Crippen LogP contribution in [0.3, 0.4) is 0 Å². The summed E-state index contributed by atoms with van der Waals surface area (Å²) in [6.07, 6.45) is 6.98. The Morgan fingerprint density at radius 1 is 1.42 bits per heavy atom. The minimum absolute atomic E-state index is 0.427. The fourth-order valence-corrected chi connectivity index (χ4v) is 3.02. The van der Waals surface area contributed by atoms with Gasteiger partial charge in [0.2, 0.25) is 0 Å². The Labute approximate surface area is 80.5 Å². The molecule has 0 aromatic rings. The Kier molecular flexibility index (Phi) is 5.08. The van der Waals surface area contributed by atoms with E-state index in [9.17, 15) is 0 Å². The van der Waals surface area contributed by atoms with E-state index in [1.165, 1.54) is 31.4 Å². The van der Waals surface area contributed by atoms with Crippen molar-refractivity contribution in [3.05, 3.63) is 0 Å². The van der Waals surface area contributed by atoms with Crippen LogP contribution in [0.15, 0.2) is 0 Å². The van der Waals surface area contributed by atoms with E-state index >= 15 is 0 Å². The summed E-state index contributed by atoms with van der Waals surface area (Å²) in [7, 11) is 0. The van der Waals surface area contributed by atoms with E-state index in [1.807, 2.05) is 0 Å². The molecule has 1 rings (SSSR count). The van der Waals surface area contributed by atoms with Crippen molar-refractivity contribution in [1.82, 2.24) is 0 Å². The molecule has 1 fully saturated rings. The first-order chi connectivity index (χ1) is 5.83. The van der Waals surface area contributed by atoms with Gasteiger partial charge in [-0.05, 0) is 30.9 Å². The van der Waals surface area contributed by atoms with Gasteiger partial charge in [-0.1, -0.05) is 19.8 Å². The second kappa shape index (κ2) is 5.87. The average molecular weight is 187 g/mol. The van der Waals surface area contributed by atoms with Crippen LogP contribution >= 0.6 is 11.8 Å². The van der Waals surface area contributed by atoms with Gasteiger partial charge >= 0.3 is 0 Å². The number of rotatable bonds is 5. The quantitative estimate of drug-likeness (QED) is 0.716. The predicted molar refractivity (Wildman–Crippen MR) is 57.5 cm³/mol. The maximum absolute atomic E-state index is 5.84. The highest BCUT2D eigenvalue weighted by molar-refractivity contribution is 7.99. The van der Waals surface area contributed by atoms with E-state index < -0.39 is 0 Å². The van der Waals surface area contributed by atoms with E-state index in [0.717, 1.165) is 18.1 Å². The molecule has 1 aliphatic rings. The van der Waals surface area contributed by atoms with Gasteiger partial charge in [0.1, 0.15) is 0 Å². The van der Waals surface area contributed by atoms with Crippen LogP contribution in [-0.4, -0.2) is 17.5 Å². The molecule has 1 nitrogen and oxygen atoms in total. The Morgan fingerprint density at radius 3 is 2.67 bits per heavy atom. The third-order valence-electron chi connectivity index (χ3n) is 2.68. The number of hydrogen-bond acceptors (Lipinski definition) is 2. The molecule has 0 amide bonds. The van der Waals surface area contributed by atoms with Gasteiger partial charge in [-0.15, -0.1) is 0 Å². The molecule has 12 heavy (non-hydrogen) atoms. The van der Waals surface area contributed by atoms with Crippen molar-refractivity contribution in [2.24, 2.45) is 11.7 Å². The molecule has 0 aliphatic heterocycles. The molecule has 2 heteroatoms. The van der Waals surface area contributed by atoms with Gasteiger partial charge in [0.15, 0.2) is 0 Å². The molecular formula is C10H21NS. The average Bonchev–Trinajstić information content (AvgIpc) is 2.57. The summed E-state index contributed by atoms with van der Waals surface area (Å²) in [4.78, 5) is 0. The van der Waals surface area contributed by atoms with Gasteiger partial charge in [-0.2, -0.15) is 11.8 Å². The molecule has 0 heterocycles. The van der Waals surface area contributed by atoms with Gasteiger partial charge in [0.25, 0.3) is 0 Å². The summed E-state index contributed by atoms with van der Waals surface area (Å²) in [6.45, 7) is 2.17. The first-order valence-corrected chi connectivity index (χ1v) is 6.31. The molecule has 1 saturated carbocycles. The zero-order valence-corrected chi connectivity index (χ0v) is 8.91. The predicted octanol–water partition coefficient (Wildman–Crippen LogP) is 2.65. The molecule has 0 spiro atoms. The smallest absolute Gasteiger partial charge is 0.0127 e. The van der Waals surface area contributed by atoms with E-state index in [0.29, 0.717) is 6.04 Å². The highest BCUT2D eigenvalue weighted by Gasteiger charge is 2.14. The summed E-state index contributed by atoms with van der Waals surface area (Å²) in [5.74, 6) is 3.53. The zero-order valence-electron chi connectivity index (χ0n) is 8.09. The summed E-state index contributed by atoms with van der Waals surface area (Å²) >= 11 is 2.06. The molecule has 0 bridgehead atoms. The number of nitrogens with two attached hydrogens (primary N) is 1. The van der Waals surface area contributed by atoms with Crippen LogP contribution in [0, 0.1) is 5.92 Å². The van der Waals surface area contributed by atoms with Crippen molar-refractivity contribution in [2.45, 2.75) is 45.1 Å². The largest absolute Gasteiger partial charge is 0.327 e. The van der Waals surface area contributed by atoms with Crippen molar-refractivity contribution in [2.75, 3.05) is 11.5 Å². The van der Waals surface area contributed by atoms with Crippen LogP contribution in [0.4, 0.5) is 0 Å². The second-order valence-electron chi connectivity index (χ2n) is 3.86. The summed E-state index contributed by atoms with van der Waals surface area (Å²) in [5, 5.41) is 0. The van der Waals surface area contributed by atoms with Crippen LogP contribution in [-0.2, 0) is 0 Å². The highest BCUT2D eigenvalue weighted by Crippen LogP contribution is 2.27. The van der Waals surface area contributed by atoms with Crippen LogP contribution in [0.25, 0.3) is 0 Å². The summed E-state index contributed by atoms with van der Waals surface area (Å²) in [6, 6.07) is 0.427. The van der Waals surface area contributed by atoms with E-state index in [-0.39, 0.29) is 0 Å². The molecule has 72 valence electrons. The van der Waals surface area contributed by atoms with Gasteiger partial charge in [-0.25, -0.2) is 0 Å². The molecule has 1 unspecified atom stereocenters. The SMILES string of the molecule is CCC(N)CSCC1CCCC1. The van der Waals surface area contributed by atoms with Crippen LogP contribution in [0.2, 0.25) is 0 Å². The Balaban J connectivity index is 1.94. The second-order valence-corrected chi connectivity index (χ2v) is 4.93. The van der Waals surface area contributed by atoms with E-state index in [1.54, 1.807) is 0 Å². The lowest BCUT2D eigenvalue weighted by molar-refractivity contribution is 0.621. The fourth-order valence-electron chi connectivity index (χ4n) is 1.68. The Morgan fingerprint density at radius 2 is 2.08 bits per heavy atom. The normalized spacial score (nSPS) is 21.5. The van der Waals surface area contributed by atoms with E-state index in [4.69, 9.17) is 5.73 Å². The minimum Gasteiger partial charge on any atom is -0.327 e. The lowest BCUT2D eigenvalue weighted by Crippen LogP contribution is -2.21. The van der Waals surface area contributed by atoms with Crippen molar-refractivity contribution >= 4 is 11.8 Å². The topological polar surface area (TPSA) is 26.0 Å². The standard InChI is InChI=1S/C10H21NS/c1-2-10(11)8-12-7-9-5-3-4-6-9/h9-10H,2-8,11H2,1H3. The van der Waals surface area contributed by atoms with Gasteiger partial charge in [-0.3, -0.25) is 0 Å². The third-order valence-corrected chi connectivity index (χ3v) is 4.06. The maximum atomic E-state index is 5.84. The molecule has 0 radical (unpaired) electrons. The highest BCUT2D eigenvalue weighted by atomic mass is 32.2. The summed E-state index contributed by atoms with van der Waals surface area (Å²) in [5.41, 5.74) is 5.84. The van der Waals surface area contributed by atoms with Crippen molar-refractivity contribution in [3.63, 3.8) is 0 Å². The molecule has 0 aromatic carbocycles. The van der Waals surface area contributed by atoms with Gasteiger partial charge in [0, 0.05) is 11.8 Å². The fraction of sp³-hybridized carbons (Fsp3) is 1.00. The van der Waals surface area contributed by atoms with Crippen molar-refractivity contribution in [1.29, 1.82) is 0 Å². The van der Waals surface area contributed by atoms with Crippen molar-refractivity contribution in [3.8, 4) is 0 Å². The van der Waals surface area contributed by atoms with Crippen molar-refractivity contribution < 1.29 is 0 Å². The first-order valence-electron chi connectivity index (χ1n) is 5.16. The van der Waals surface area contributed by atoms with Gasteiger partial charge < -0.3 is 5.73 Å². The van der Waals surface area contributed by atoms with Crippen LogP contribution < -0.4 is 5.73 Å². The number of thioether (sulfide) groups is 1. The first kappa shape index (κ1) is 10.4. The van der Waals surface area contributed by atoms with Crippen LogP contribution in [0.5, 0.6) is 0 Å². The zero-order chi connectivity index (χ0) is 8.81. The monoisotopic (exact) mass is 187 g/mol. The molecule has 1 atom stereocenters. The van der Waals surface area contributed by atoms with Gasteiger partial charge in [0.05, 0.1) is 0 Å². The molecule has 2 N–H and O–H groups in total. The number of hydrogen-bond donors (Lipinski definition) is 1. The van der Waals surface area contributed by atoms with Crippen LogP contribution in [0.1, 0.15) is 39.0 Å². The molecule has 0 saturated heterocycles. The molecule has 0 aromatic heterocycles. The maximum Gasteiger partial charge on any atom is 0.0127 e. The minimum atomic E-state index is 0.427. The third kappa shape index (κ3) is 3.81. The Hall–Kier alpha value is 0.310. The van der Waals surface area contributed by atoms with E-state index in [2.05, 4.69) is 18.7 Å². The lowest BCUT2D eigenvalue weighted by atomic mass is 10.1. The lowest BCUT2D eigenvalue weighted by Gasteiger charge is -2.11. The summed E-state index contributed by atoms with van der Waals surface area (Å²) < 4.78 is 0.